The monoisotopic (exact) mass is 114 g/mol. The lowest BCUT2D eigenvalue weighted by Gasteiger charge is -1.86. The Morgan fingerprint density at radius 1 is 1.75 bits per heavy atom. The van der Waals surface area contributed by atoms with Crippen molar-refractivity contribution in [3.05, 3.63) is 12.3 Å². The molecule has 0 amide bonds. The van der Waals surface area contributed by atoms with Gasteiger partial charge in [0, 0.05) is 6.92 Å². The van der Waals surface area contributed by atoms with Crippen molar-refractivity contribution in [2.24, 2.45) is 0 Å². The molecule has 0 rings (SSSR count). The van der Waals surface area contributed by atoms with Crippen LogP contribution in [-0.2, 0) is 9.53 Å². The molecule has 0 fully saturated rings. The highest BCUT2D eigenvalue weighted by molar-refractivity contribution is 5.66. The summed E-state index contributed by atoms with van der Waals surface area (Å²) in [5, 5.41) is 0. The Hall–Kier alpha value is -0.790. The van der Waals surface area contributed by atoms with Crippen molar-refractivity contribution in [2.45, 2.75) is 20.3 Å². The first kappa shape index (κ1) is 7.21. The van der Waals surface area contributed by atoms with E-state index in [1.165, 1.54) is 13.2 Å². The molecule has 2 heteroatoms. The summed E-state index contributed by atoms with van der Waals surface area (Å²) in [7, 11) is 0. The quantitative estimate of drug-likeness (QED) is 0.401. The molecular weight excluding hydrogens is 104 g/mol. The van der Waals surface area contributed by atoms with E-state index < -0.39 is 0 Å². The summed E-state index contributed by atoms with van der Waals surface area (Å²) in [6.45, 7) is 3.35. The van der Waals surface area contributed by atoms with Crippen molar-refractivity contribution >= 4 is 5.97 Å². The summed E-state index contributed by atoms with van der Waals surface area (Å²) in [5.41, 5.74) is 0. The zero-order valence-corrected chi connectivity index (χ0v) is 5.18. The van der Waals surface area contributed by atoms with Crippen LogP contribution in [-0.4, -0.2) is 5.97 Å². The van der Waals surface area contributed by atoms with Crippen LogP contribution in [0.2, 0.25) is 0 Å². The van der Waals surface area contributed by atoms with E-state index in [1.54, 1.807) is 6.08 Å². The Bertz CT molecular complexity index is 94.7. The fourth-order valence-corrected chi connectivity index (χ4v) is 0.240. The maximum absolute atomic E-state index is 10.0. The van der Waals surface area contributed by atoms with Gasteiger partial charge in [-0.2, -0.15) is 0 Å². The van der Waals surface area contributed by atoms with Gasteiger partial charge in [0.2, 0.25) is 0 Å². The topological polar surface area (TPSA) is 26.3 Å². The summed E-state index contributed by atoms with van der Waals surface area (Å²) >= 11 is 0. The van der Waals surface area contributed by atoms with Gasteiger partial charge in [-0.15, -0.1) is 0 Å². The molecule has 0 spiro atoms. The molecule has 2 nitrogen and oxygen atoms in total. The van der Waals surface area contributed by atoms with E-state index >= 15 is 0 Å². The van der Waals surface area contributed by atoms with Crippen LogP contribution < -0.4 is 0 Å². The summed E-state index contributed by atoms with van der Waals surface area (Å²) in [5.74, 6) is -0.269. The number of carbonyl (C=O) groups excluding carboxylic acids is 1. The third kappa shape index (κ3) is 5.21. The van der Waals surface area contributed by atoms with E-state index in [0.29, 0.717) is 0 Å². The van der Waals surface area contributed by atoms with Crippen molar-refractivity contribution in [1.82, 2.24) is 0 Å². The van der Waals surface area contributed by atoms with Gasteiger partial charge in [-0.25, -0.2) is 0 Å². The molecule has 0 N–H and O–H groups in total. The Balaban J connectivity index is 3.16. The maximum atomic E-state index is 10.0. The largest absolute Gasteiger partial charge is 0.435 e. The first-order valence-corrected chi connectivity index (χ1v) is 2.59. The molecule has 0 aliphatic rings. The van der Waals surface area contributed by atoms with Gasteiger partial charge < -0.3 is 4.74 Å². The SMILES string of the molecule is CC/C=C\OC(C)=O. The lowest BCUT2D eigenvalue weighted by molar-refractivity contribution is -0.135. The predicted octanol–water partition coefficient (Wildman–Crippen LogP) is 1.47. The van der Waals surface area contributed by atoms with Crippen LogP contribution in [0.1, 0.15) is 20.3 Å². The lowest BCUT2D eigenvalue weighted by Crippen LogP contribution is -1.88. The molecule has 0 heterocycles. The molecule has 46 valence electrons. The molecule has 0 aliphatic heterocycles. The van der Waals surface area contributed by atoms with Crippen molar-refractivity contribution in [3.8, 4) is 0 Å². The average molecular weight is 114 g/mol. The van der Waals surface area contributed by atoms with Crippen molar-refractivity contribution < 1.29 is 9.53 Å². The number of hydrogen-bond donors (Lipinski definition) is 0. The first-order chi connectivity index (χ1) is 3.77. The van der Waals surface area contributed by atoms with Crippen LogP contribution in [0.25, 0.3) is 0 Å². The Morgan fingerprint density at radius 3 is 2.75 bits per heavy atom. The molecule has 0 aliphatic carbocycles. The van der Waals surface area contributed by atoms with Crippen LogP contribution >= 0.6 is 0 Å². The molecular formula is C6H10O2. The summed E-state index contributed by atoms with van der Waals surface area (Å²) in [6.07, 6.45) is 4.08. The fraction of sp³-hybridized carbons (Fsp3) is 0.500. The number of esters is 1. The molecule has 0 unspecified atom stereocenters. The van der Waals surface area contributed by atoms with Gasteiger partial charge in [0.15, 0.2) is 0 Å². The minimum Gasteiger partial charge on any atom is -0.435 e. The Labute approximate surface area is 49.1 Å². The molecule has 0 saturated heterocycles. The Morgan fingerprint density at radius 2 is 2.38 bits per heavy atom. The maximum Gasteiger partial charge on any atom is 0.307 e. The second-order valence-electron chi connectivity index (χ2n) is 1.39. The minimum absolute atomic E-state index is 0.269. The molecule has 0 aromatic carbocycles. The third-order valence-corrected chi connectivity index (χ3v) is 0.566. The van der Waals surface area contributed by atoms with E-state index in [4.69, 9.17) is 0 Å². The van der Waals surface area contributed by atoms with Crippen LogP contribution in [0.15, 0.2) is 12.3 Å². The highest BCUT2D eigenvalue weighted by Gasteiger charge is 1.81. The highest BCUT2D eigenvalue weighted by atomic mass is 16.5. The standard InChI is InChI=1S/C6H10O2/c1-3-4-5-8-6(2)7/h4-5H,3H2,1-2H3/b5-4-. The molecule has 0 aromatic heterocycles. The van der Waals surface area contributed by atoms with Gasteiger partial charge in [-0.3, -0.25) is 4.79 Å². The Kier molecular flexibility index (Phi) is 3.94. The van der Waals surface area contributed by atoms with Gasteiger partial charge in [-0.05, 0) is 12.5 Å². The first-order valence-electron chi connectivity index (χ1n) is 2.59. The molecule has 8 heavy (non-hydrogen) atoms. The smallest absolute Gasteiger partial charge is 0.307 e. The van der Waals surface area contributed by atoms with Crippen molar-refractivity contribution in [3.63, 3.8) is 0 Å². The van der Waals surface area contributed by atoms with Gasteiger partial charge >= 0.3 is 5.97 Å². The number of ether oxygens (including phenoxy) is 1. The van der Waals surface area contributed by atoms with E-state index in [1.807, 2.05) is 6.92 Å². The minimum atomic E-state index is -0.269. The molecule has 0 bridgehead atoms. The normalized spacial score (nSPS) is 9.75. The summed E-state index contributed by atoms with van der Waals surface area (Å²) in [4.78, 5) is 10.0. The number of hydrogen-bond acceptors (Lipinski definition) is 2. The van der Waals surface area contributed by atoms with E-state index in [9.17, 15) is 4.79 Å². The lowest BCUT2D eigenvalue weighted by atomic mass is 10.5. The average Bonchev–Trinajstić information content (AvgIpc) is 1.66. The summed E-state index contributed by atoms with van der Waals surface area (Å²) in [6, 6.07) is 0. The van der Waals surface area contributed by atoms with E-state index in [0.717, 1.165) is 6.42 Å². The van der Waals surface area contributed by atoms with Crippen LogP contribution in [0.5, 0.6) is 0 Å². The van der Waals surface area contributed by atoms with Crippen molar-refractivity contribution in [1.29, 1.82) is 0 Å². The highest BCUT2D eigenvalue weighted by Crippen LogP contribution is 1.81. The number of allylic oxidation sites excluding steroid dienone is 1. The second kappa shape index (κ2) is 4.37. The van der Waals surface area contributed by atoms with Crippen LogP contribution in [0.3, 0.4) is 0 Å². The van der Waals surface area contributed by atoms with Gasteiger partial charge in [-0.1, -0.05) is 6.92 Å². The molecule has 0 aromatic rings. The fourth-order valence-electron chi connectivity index (χ4n) is 0.240. The van der Waals surface area contributed by atoms with Gasteiger partial charge in [0.05, 0.1) is 6.26 Å². The van der Waals surface area contributed by atoms with Crippen molar-refractivity contribution in [2.75, 3.05) is 0 Å². The summed E-state index contributed by atoms with van der Waals surface area (Å²) < 4.78 is 4.46. The predicted molar refractivity (Wildman–Crippen MR) is 31.2 cm³/mol. The molecule has 0 atom stereocenters. The number of rotatable bonds is 2. The van der Waals surface area contributed by atoms with Gasteiger partial charge in [0.25, 0.3) is 0 Å². The van der Waals surface area contributed by atoms with E-state index in [-0.39, 0.29) is 5.97 Å². The zero-order chi connectivity index (χ0) is 6.41. The van der Waals surface area contributed by atoms with Crippen LogP contribution in [0.4, 0.5) is 0 Å². The zero-order valence-electron chi connectivity index (χ0n) is 5.18. The van der Waals surface area contributed by atoms with E-state index in [2.05, 4.69) is 4.74 Å². The second-order valence-corrected chi connectivity index (χ2v) is 1.39. The molecule has 0 radical (unpaired) electrons. The third-order valence-electron chi connectivity index (χ3n) is 0.566. The molecule has 0 saturated carbocycles. The number of carbonyl (C=O) groups is 1. The van der Waals surface area contributed by atoms with Crippen LogP contribution in [0, 0.1) is 0 Å². The van der Waals surface area contributed by atoms with Gasteiger partial charge in [0.1, 0.15) is 0 Å².